The average Bonchev–Trinajstić information content (AvgIpc) is 2.97. The minimum atomic E-state index is 0.483. The zero-order chi connectivity index (χ0) is 13.1. The SMILES string of the molecule is NCC1CCCCC1n1cncc1-c1cccnc1. The van der Waals surface area contributed by atoms with Gasteiger partial charge in [0, 0.05) is 24.0 Å². The molecule has 1 aliphatic rings. The number of hydrogen-bond acceptors (Lipinski definition) is 3. The van der Waals surface area contributed by atoms with E-state index in [1.165, 1.54) is 25.7 Å². The molecule has 4 nitrogen and oxygen atoms in total. The maximum atomic E-state index is 5.94. The smallest absolute Gasteiger partial charge is 0.0953 e. The van der Waals surface area contributed by atoms with Gasteiger partial charge in [-0.2, -0.15) is 0 Å². The van der Waals surface area contributed by atoms with Crippen molar-refractivity contribution in [2.75, 3.05) is 6.54 Å². The highest BCUT2D eigenvalue weighted by Gasteiger charge is 2.26. The molecule has 19 heavy (non-hydrogen) atoms. The Hall–Kier alpha value is -1.68. The van der Waals surface area contributed by atoms with Crippen molar-refractivity contribution >= 4 is 0 Å². The maximum absolute atomic E-state index is 5.94. The van der Waals surface area contributed by atoms with Crippen LogP contribution in [0.2, 0.25) is 0 Å². The summed E-state index contributed by atoms with van der Waals surface area (Å²) in [4.78, 5) is 8.54. The molecule has 100 valence electrons. The molecule has 2 unspecified atom stereocenters. The van der Waals surface area contributed by atoms with E-state index in [0.29, 0.717) is 12.0 Å². The van der Waals surface area contributed by atoms with Gasteiger partial charge in [-0.25, -0.2) is 4.98 Å². The quantitative estimate of drug-likeness (QED) is 0.918. The molecule has 1 fully saturated rings. The maximum Gasteiger partial charge on any atom is 0.0953 e. The summed E-state index contributed by atoms with van der Waals surface area (Å²) in [7, 11) is 0. The molecule has 2 aromatic heterocycles. The second-order valence-electron chi connectivity index (χ2n) is 5.28. The minimum Gasteiger partial charge on any atom is -0.330 e. The molecule has 2 aromatic rings. The lowest BCUT2D eigenvalue weighted by Gasteiger charge is -2.32. The number of nitrogens with zero attached hydrogens (tertiary/aromatic N) is 3. The lowest BCUT2D eigenvalue weighted by atomic mass is 9.84. The Bertz CT molecular complexity index is 520. The predicted molar refractivity (Wildman–Crippen MR) is 75.5 cm³/mol. The highest BCUT2D eigenvalue weighted by atomic mass is 15.1. The fourth-order valence-corrected chi connectivity index (χ4v) is 3.14. The molecular weight excluding hydrogens is 236 g/mol. The molecule has 1 saturated carbocycles. The van der Waals surface area contributed by atoms with E-state index in [-0.39, 0.29) is 0 Å². The Balaban J connectivity index is 1.95. The molecule has 0 spiro atoms. The molecule has 2 atom stereocenters. The monoisotopic (exact) mass is 256 g/mol. The van der Waals surface area contributed by atoms with Crippen LogP contribution in [0.1, 0.15) is 31.7 Å². The first-order valence-electron chi connectivity index (χ1n) is 7.02. The molecule has 4 heteroatoms. The van der Waals surface area contributed by atoms with Crippen LogP contribution in [-0.4, -0.2) is 21.1 Å². The van der Waals surface area contributed by atoms with Gasteiger partial charge in [0.2, 0.25) is 0 Å². The van der Waals surface area contributed by atoms with Crippen LogP contribution in [0, 0.1) is 5.92 Å². The summed E-state index contributed by atoms with van der Waals surface area (Å²) in [6.07, 6.45) is 12.6. The van der Waals surface area contributed by atoms with Crippen LogP contribution in [-0.2, 0) is 0 Å². The van der Waals surface area contributed by atoms with Crippen molar-refractivity contribution in [2.24, 2.45) is 11.7 Å². The van der Waals surface area contributed by atoms with Gasteiger partial charge in [-0.1, -0.05) is 12.8 Å². The molecule has 1 aliphatic carbocycles. The largest absolute Gasteiger partial charge is 0.330 e. The second-order valence-corrected chi connectivity index (χ2v) is 5.28. The van der Waals surface area contributed by atoms with Gasteiger partial charge in [-0.15, -0.1) is 0 Å². The van der Waals surface area contributed by atoms with E-state index in [0.717, 1.165) is 17.8 Å². The second kappa shape index (κ2) is 5.53. The third kappa shape index (κ3) is 2.40. The number of imidazole rings is 1. The van der Waals surface area contributed by atoms with Gasteiger partial charge in [-0.3, -0.25) is 4.98 Å². The van der Waals surface area contributed by atoms with Gasteiger partial charge in [0.15, 0.2) is 0 Å². The Morgan fingerprint density at radius 2 is 2.11 bits per heavy atom. The zero-order valence-electron chi connectivity index (χ0n) is 11.1. The van der Waals surface area contributed by atoms with Gasteiger partial charge < -0.3 is 10.3 Å². The van der Waals surface area contributed by atoms with Crippen molar-refractivity contribution < 1.29 is 0 Å². The third-order valence-electron chi connectivity index (χ3n) is 4.15. The fraction of sp³-hybridized carbons (Fsp3) is 0.467. The molecule has 2 N–H and O–H groups in total. The molecule has 2 heterocycles. The number of pyridine rings is 1. The van der Waals surface area contributed by atoms with Crippen LogP contribution in [0.5, 0.6) is 0 Å². The van der Waals surface area contributed by atoms with Crippen LogP contribution in [0.3, 0.4) is 0 Å². The Kier molecular flexibility index (Phi) is 3.60. The predicted octanol–water partition coefficient (Wildman–Crippen LogP) is 2.64. The van der Waals surface area contributed by atoms with E-state index >= 15 is 0 Å². The first-order valence-corrected chi connectivity index (χ1v) is 7.02. The van der Waals surface area contributed by atoms with Crippen molar-refractivity contribution in [3.63, 3.8) is 0 Å². The number of rotatable bonds is 3. The summed E-state index contributed by atoms with van der Waals surface area (Å²) in [6.45, 7) is 0.759. The van der Waals surface area contributed by atoms with E-state index < -0.39 is 0 Å². The molecule has 0 saturated heterocycles. The van der Waals surface area contributed by atoms with Crippen LogP contribution in [0.4, 0.5) is 0 Å². The molecular formula is C15H20N4. The van der Waals surface area contributed by atoms with Crippen LogP contribution in [0.15, 0.2) is 37.1 Å². The minimum absolute atomic E-state index is 0.483. The molecule has 0 radical (unpaired) electrons. The molecule has 0 aliphatic heterocycles. The fourth-order valence-electron chi connectivity index (χ4n) is 3.14. The molecule has 0 aromatic carbocycles. The summed E-state index contributed by atoms with van der Waals surface area (Å²) in [5.41, 5.74) is 8.22. The van der Waals surface area contributed by atoms with Crippen LogP contribution < -0.4 is 5.73 Å². The van der Waals surface area contributed by atoms with E-state index in [2.05, 4.69) is 20.6 Å². The van der Waals surface area contributed by atoms with Crippen molar-refractivity contribution in [1.29, 1.82) is 0 Å². The van der Waals surface area contributed by atoms with Gasteiger partial charge in [0.05, 0.1) is 18.2 Å². The summed E-state index contributed by atoms with van der Waals surface area (Å²) >= 11 is 0. The van der Waals surface area contributed by atoms with E-state index in [4.69, 9.17) is 5.73 Å². The highest BCUT2D eigenvalue weighted by Crippen LogP contribution is 2.35. The van der Waals surface area contributed by atoms with E-state index in [9.17, 15) is 0 Å². The third-order valence-corrected chi connectivity index (χ3v) is 4.15. The number of nitrogens with two attached hydrogens (primary N) is 1. The number of hydrogen-bond donors (Lipinski definition) is 1. The Morgan fingerprint density at radius 3 is 2.89 bits per heavy atom. The highest BCUT2D eigenvalue weighted by molar-refractivity contribution is 5.57. The summed E-state index contributed by atoms with van der Waals surface area (Å²) < 4.78 is 2.30. The lowest BCUT2D eigenvalue weighted by Crippen LogP contribution is -2.29. The lowest BCUT2D eigenvalue weighted by molar-refractivity contribution is 0.246. The van der Waals surface area contributed by atoms with Gasteiger partial charge in [0.1, 0.15) is 0 Å². The first kappa shape index (κ1) is 12.4. The standard InChI is InChI=1S/C15H20N4/c16-8-12-4-1-2-6-14(12)19-11-18-10-15(19)13-5-3-7-17-9-13/h3,5,7,9-12,14H,1-2,4,6,8,16H2. The van der Waals surface area contributed by atoms with Crippen molar-refractivity contribution in [3.05, 3.63) is 37.1 Å². The number of aromatic nitrogens is 3. The normalized spacial score (nSPS) is 23.4. The summed E-state index contributed by atoms with van der Waals surface area (Å²) in [6, 6.07) is 4.53. The summed E-state index contributed by atoms with van der Waals surface area (Å²) in [5.74, 6) is 0.568. The van der Waals surface area contributed by atoms with Gasteiger partial charge in [0.25, 0.3) is 0 Å². The summed E-state index contributed by atoms with van der Waals surface area (Å²) in [5, 5.41) is 0. The van der Waals surface area contributed by atoms with E-state index in [1.54, 1.807) is 6.20 Å². The van der Waals surface area contributed by atoms with E-state index in [1.807, 2.05) is 24.8 Å². The van der Waals surface area contributed by atoms with Crippen LogP contribution in [0.25, 0.3) is 11.3 Å². The molecule has 0 amide bonds. The average molecular weight is 256 g/mol. The van der Waals surface area contributed by atoms with Crippen LogP contribution >= 0.6 is 0 Å². The van der Waals surface area contributed by atoms with Gasteiger partial charge >= 0.3 is 0 Å². The van der Waals surface area contributed by atoms with Crippen molar-refractivity contribution in [1.82, 2.24) is 14.5 Å². The molecule has 3 rings (SSSR count). The first-order chi connectivity index (χ1) is 9.40. The Morgan fingerprint density at radius 1 is 1.21 bits per heavy atom. The topological polar surface area (TPSA) is 56.7 Å². The Labute approximate surface area is 113 Å². The van der Waals surface area contributed by atoms with Gasteiger partial charge in [-0.05, 0) is 37.4 Å². The van der Waals surface area contributed by atoms with Crippen molar-refractivity contribution in [3.8, 4) is 11.3 Å². The van der Waals surface area contributed by atoms with Crippen molar-refractivity contribution in [2.45, 2.75) is 31.7 Å². The molecule has 0 bridgehead atoms. The zero-order valence-corrected chi connectivity index (χ0v) is 11.1.